The maximum Gasteiger partial charge on any atom is 0.264 e. The first-order chi connectivity index (χ1) is 9.79. The Morgan fingerprint density at radius 2 is 1.86 bits per heavy atom. The predicted octanol–water partition coefficient (Wildman–Crippen LogP) is 3.77. The zero-order chi connectivity index (χ0) is 15.6. The second-order valence-electron chi connectivity index (χ2n) is 4.02. The number of benzene rings is 2. The number of hydrogen-bond acceptors (Lipinski definition) is 3. The van der Waals surface area contributed by atoms with Gasteiger partial charge in [0.1, 0.15) is 10.7 Å². The number of nitrogens with one attached hydrogen (secondary N) is 1. The molecule has 21 heavy (non-hydrogen) atoms. The molecule has 4 nitrogen and oxygen atoms in total. The molecule has 0 aliphatic heterocycles. The van der Waals surface area contributed by atoms with Gasteiger partial charge >= 0.3 is 0 Å². The van der Waals surface area contributed by atoms with E-state index in [2.05, 4.69) is 21.2 Å². The van der Waals surface area contributed by atoms with Crippen LogP contribution >= 0.6 is 26.6 Å². The Morgan fingerprint density at radius 3 is 2.43 bits per heavy atom. The summed E-state index contributed by atoms with van der Waals surface area (Å²) in [5.74, 6) is -1.49. The average Bonchev–Trinajstić information content (AvgIpc) is 2.37. The van der Waals surface area contributed by atoms with Gasteiger partial charge in [-0.3, -0.25) is 4.79 Å². The van der Waals surface area contributed by atoms with Crippen LogP contribution in [0.3, 0.4) is 0 Å². The topological polar surface area (TPSA) is 63.2 Å². The van der Waals surface area contributed by atoms with Gasteiger partial charge in [-0.1, -0.05) is 12.1 Å². The first-order valence-electron chi connectivity index (χ1n) is 5.59. The molecule has 0 fully saturated rings. The monoisotopic (exact) mass is 391 g/mol. The summed E-state index contributed by atoms with van der Waals surface area (Å²) >= 11 is 3.23. The second kappa shape index (κ2) is 6.13. The third kappa shape index (κ3) is 3.81. The molecule has 2 aromatic rings. The summed E-state index contributed by atoms with van der Waals surface area (Å²) in [7, 11) is 0.917. The van der Waals surface area contributed by atoms with Crippen molar-refractivity contribution in [3.05, 3.63) is 58.3 Å². The summed E-state index contributed by atoms with van der Waals surface area (Å²) in [6, 6.07) is 9.86. The number of carbonyl (C=O) groups excluding carboxylic acids is 1. The zero-order valence-corrected chi connectivity index (χ0v) is 13.5. The highest BCUT2D eigenvalue weighted by Gasteiger charge is 2.17. The predicted molar refractivity (Wildman–Crippen MR) is 81.5 cm³/mol. The van der Waals surface area contributed by atoms with E-state index >= 15 is 0 Å². The van der Waals surface area contributed by atoms with Crippen LogP contribution in [0.25, 0.3) is 0 Å². The summed E-state index contributed by atoms with van der Waals surface area (Å²) in [5, 5.41) is 2.47. The highest BCUT2D eigenvalue weighted by atomic mass is 79.9. The van der Waals surface area contributed by atoms with Gasteiger partial charge in [-0.2, -0.15) is 0 Å². The minimum atomic E-state index is -4.16. The van der Waals surface area contributed by atoms with E-state index < -0.39 is 25.7 Å². The van der Waals surface area contributed by atoms with Crippen LogP contribution < -0.4 is 5.32 Å². The van der Waals surface area contributed by atoms with E-state index in [0.717, 1.165) is 12.1 Å². The Balaban J connectivity index is 2.27. The van der Waals surface area contributed by atoms with Gasteiger partial charge in [-0.05, 0) is 46.3 Å². The van der Waals surface area contributed by atoms with Gasteiger partial charge < -0.3 is 5.32 Å². The summed E-state index contributed by atoms with van der Waals surface area (Å²) in [4.78, 5) is 11.4. The van der Waals surface area contributed by atoms with E-state index in [9.17, 15) is 17.6 Å². The summed E-state index contributed by atoms with van der Waals surface area (Å²) in [6.45, 7) is 0. The summed E-state index contributed by atoms with van der Waals surface area (Å²) < 4.78 is 36.4. The molecule has 0 aliphatic carbocycles. The van der Waals surface area contributed by atoms with Crippen LogP contribution in [0.1, 0.15) is 10.4 Å². The van der Waals surface area contributed by atoms with Crippen molar-refractivity contribution in [2.75, 3.05) is 5.32 Å². The highest BCUT2D eigenvalue weighted by Crippen LogP contribution is 2.23. The Kier molecular flexibility index (Phi) is 4.65. The van der Waals surface area contributed by atoms with Crippen molar-refractivity contribution in [3.8, 4) is 0 Å². The van der Waals surface area contributed by atoms with E-state index in [1.165, 1.54) is 6.07 Å². The van der Waals surface area contributed by atoms with E-state index in [-0.39, 0.29) is 5.69 Å². The maximum absolute atomic E-state index is 13.7. The molecule has 2 rings (SSSR count). The first kappa shape index (κ1) is 15.9. The van der Waals surface area contributed by atoms with E-state index in [1.807, 2.05) is 0 Å². The molecule has 0 aliphatic rings. The van der Waals surface area contributed by atoms with Crippen molar-refractivity contribution in [2.24, 2.45) is 0 Å². The Labute approximate surface area is 133 Å². The number of halogens is 3. The van der Waals surface area contributed by atoms with Crippen molar-refractivity contribution >= 4 is 47.3 Å². The molecule has 8 heteroatoms. The fraction of sp³-hybridized carbons (Fsp3) is 0. The van der Waals surface area contributed by atoms with Crippen LogP contribution in [0.2, 0.25) is 0 Å². The van der Waals surface area contributed by atoms with Gasteiger partial charge in [0, 0.05) is 20.8 Å². The molecule has 0 bridgehead atoms. The van der Waals surface area contributed by atoms with Crippen molar-refractivity contribution in [3.63, 3.8) is 0 Å². The Bertz CT molecular complexity index is 811. The lowest BCUT2D eigenvalue weighted by Crippen LogP contribution is -2.13. The largest absolute Gasteiger partial charge is 0.322 e. The number of amides is 1. The molecule has 0 saturated heterocycles. The number of carbonyl (C=O) groups is 1. The number of anilines is 1. The quantitative estimate of drug-likeness (QED) is 0.809. The van der Waals surface area contributed by atoms with Gasteiger partial charge in [-0.15, -0.1) is 0 Å². The molecule has 110 valence electrons. The van der Waals surface area contributed by atoms with Crippen molar-refractivity contribution < 1.29 is 17.6 Å². The lowest BCUT2D eigenvalue weighted by Gasteiger charge is -2.08. The number of hydrogen-bond donors (Lipinski definition) is 1. The Morgan fingerprint density at radius 1 is 1.19 bits per heavy atom. The van der Waals surface area contributed by atoms with Crippen LogP contribution in [0, 0.1) is 5.82 Å². The van der Waals surface area contributed by atoms with E-state index in [4.69, 9.17) is 10.7 Å². The smallest absolute Gasteiger partial charge is 0.264 e. The van der Waals surface area contributed by atoms with Gasteiger partial charge in [0.2, 0.25) is 0 Å². The molecule has 0 heterocycles. The fourth-order valence-corrected chi connectivity index (χ4v) is 2.98. The molecule has 1 N–H and O–H groups in total. The van der Waals surface area contributed by atoms with Crippen molar-refractivity contribution in [1.82, 2.24) is 0 Å². The van der Waals surface area contributed by atoms with Gasteiger partial charge in [0.15, 0.2) is 0 Å². The molecule has 0 atom stereocenters. The van der Waals surface area contributed by atoms with Crippen LogP contribution in [0.15, 0.2) is 51.8 Å². The van der Waals surface area contributed by atoms with Crippen LogP contribution in [0.4, 0.5) is 10.1 Å². The zero-order valence-electron chi connectivity index (χ0n) is 10.3. The van der Waals surface area contributed by atoms with Gasteiger partial charge in [-0.25, -0.2) is 12.8 Å². The molecular weight excluding hydrogens is 385 g/mol. The fourth-order valence-electron chi connectivity index (χ4n) is 1.62. The lowest BCUT2D eigenvalue weighted by molar-refractivity contribution is 0.102. The van der Waals surface area contributed by atoms with E-state index in [0.29, 0.717) is 10.0 Å². The van der Waals surface area contributed by atoms with Gasteiger partial charge in [0.05, 0.1) is 5.56 Å². The first-order valence-corrected chi connectivity index (χ1v) is 8.69. The molecule has 0 saturated carbocycles. The van der Waals surface area contributed by atoms with Crippen LogP contribution in [0.5, 0.6) is 0 Å². The minimum Gasteiger partial charge on any atom is -0.322 e. The highest BCUT2D eigenvalue weighted by molar-refractivity contribution is 9.10. The molecule has 1 amide bonds. The second-order valence-corrected chi connectivity index (χ2v) is 7.41. The van der Waals surface area contributed by atoms with Crippen LogP contribution in [-0.4, -0.2) is 14.3 Å². The normalized spacial score (nSPS) is 11.2. The van der Waals surface area contributed by atoms with E-state index in [1.54, 1.807) is 24.3 Å². The average molecular weight is 393 g/mol. The molecular formula is C13H8BrClFNO3S. The number of rotatable bonds is 3. The van der Waals surface area contributed by atoms with Gasteiger partial charge in [0.25, 0.3) is 15.0 Å². The molecule has 0 aromatic heterocycles. The Hall–Kier alpha value is -1.44. The minimum absolute atomic E-state index is 0.123. The SMILES string of the molecule is O=C(Nc1ccc(S(=O)(=O)Cl)c(F)c1)c1ccccc1Br. The third-order valence-corrected chi connectivity index (χ3v) is 4.62. The molecule has 2 aromatic carbocycles. The summed E-state index contributed by atoms with van der Waals surface area (Å²) in [5.41, 5.74) is 0.490. The van der Waals surface area contributed by atoms with Crippen molar-refractivity contribution in [2.45, 2.75) is 4.90 Å². The molecule has 0 unspecified atom stereocenters. The maximum atomic E-state index is 13.7. The van der Waals surface area contributed by atoms with Crippen molar-refractivity contribution in [1.29, 1.82) is 0 Å². The lowest BCUT2D eigenvalue weighted by atomic mass is 10.2. The van der Waals surface area contributed by atoms with Crippen LogP contribution in [-0.2, 0) is 9.05 Å². The molecule has 0 radical (unpaired) electrons. The third-order valence-electron chi connectivity index (χ3n) is 2.57. The molecule has 0 spiro atoms. The summed E-state index contributed by atoms with van der Waals surface area (Å²) in [6.07, 6.45) is 0. The standard InChI is InChI=1S/C13H8BrClFNO3S/c14-10-4-2-1-3-9(10)13(18)17-8-5-6-12(11(16)7-8)21(15,19)20/h1-7H,(H,17,18).